The SMILES string of the molecule is C=CCn1ncc(NCCC(=O)NC(C)CC)c(Cl)c1=O. The standard InChI is InChI=1S/C14H21ClN4O2/c1-4-8-19-14(21)13(15)11(9-17-19)16-7-6-12(20)18-10(3)5-2/h4,9-10,16H,1,5-8H2,2-3H3,(H,18,20). The number of amides is 1. The van der Waals surface area contributed by atoms with Crippen molar-refractivity contribution < 1.29 is 4.79 Å². The predicted molar refractivity (Wildman–Crippen MR) is 84.7 cm³/mol. The Bertz CT molecular complexity index is 556. The molecule has 0 aliphatic rings. The number of nitrogens with one attached hydrogen (secondary N) is 2. The Labute approximate surface area is 129 Å². The Hall–Kier alpha value is -1.82. The first-order valence-corrected chi connectivity index (χ1v) is 7.27. The summed E-state index contributed by atoms with van der Waals surface area (Å²) in [7, 11) is 0. The predicted octanol–water partition coefficient (Wildman–Crippen LogP) is 1.80. The Morgan fingerprint density at radius 3 is 2.95 bits per heavy atom. The summed E-state index contributed by atoms with van der Waals surface area (Å²) >= 11 is 5.99. The van der Waals surface area contributed by atoms with Gasteiger partial charge in [0.1, 0.15) is 5.02 Å². The van der Waals surface area contributed by atoms with Crippen LogP contribution in [0, 0.1) is 0 Å². The van der Waals surface area contributed by atoms with Crippen molar-refractivity contribution in [3.63, 3.8) is 0 Å². The second kappa shape index (κ2) is 8.46. The maximum Gasteiger partial charge on any atom is 0.287 e. The largest absolute Gasteiger partial charge is 0.382 e. The second-order valence-corrected chi connectivity index (χ2v) is 5.08. The Morgan fingerprint density at radius 1 is 1.62 bits per heavy atom. The lowest BCUT2D eigenvalue weighted by atomic mass is 10.2. The normalized spacial score (nSPS) is 11.8. The third-order valence-electron chi connectivity index (χ3n) is 2.97. The average Bonchev–Trinajstić information content (AvgIpc) is 2.46. The van der Waals surface area contributed by atoms with Gasteiger partial charge in [-0.1, -0.05) is 24.6 Å². The molecule has 0 radical (unpaired) electrons. The van der Waals surface area contributed by atoms with Gasteiger partial charge in [-0.15, -0.1) is 6.58 Å². The summed E-state index contributed by atoms with van der Waals surface area (Å²) in [5, 5.41) is 9.85. The van der Waals surface area contributed by atoms with Crippen molar-refractivity contribution in [3.8, 4) is 0 Å². The lowest BCUT2D eigenvalue weighted by molar-refractivity contribution is -0.121. The summed E-state index contributed by atoms with van der Waals surface area (Å²) < 4.78 is 1.22. The van der Waals surface area contributed by atoms with E-state index in [0.29, 0.717) is 25.2 Å². The van der Waals surface area contributed by atoms with Crippen LogP contribution in [0.5, 0.6) is 0 Å². The molecule has 1 amide bonds. The molecule has 1 heterocycles. The molecular formula is C14H21ClN4O2. The van der Waals surface area contributed by atoms with Gasteiger partial charge >= 0.3 is 0 Å². The molecule has 7 heteroatoms. The third kappa shape index (κ3) is 5.23. The van der Waals surface area contributed by atoms with Crippen LogP contribution in [0.15, 0.2) is 23.6 Å². The molecule has 0 bridgehead atoms. The van der Waals surface area contributed by atoms with Gasteiger partial charge in [-0.25, -0.2) is 4.68 Å². The lowest BCUT2D eigenvalue weighted by Gasteiger charge is -2.12. The lowest BCUT2D eigenvalue weighted by Crippen LogP contribution is -2.33. The number of nitrogens with zero attached hydrogens (tertiary/aromatic N) is 2. The minimum atomic E-state index is -0.384. The van der Waals surface area contributed by atoms with Gasteiger partial charge < -0.3 is 10.6 Å². The van der Waals surface area contributed by atoms with Crippen LogP contribution in [-0.4, -0.2) is 28.3 Å². The molecule has 1 unspecified atom stereocenters. The van der Waals surface area contributed by atoms with E-state index in [-0.39, 0.29) is 22.5 Å². The molecule has 0 saturated carbocycles. The number of carbonyl (C=O) groups excluding carboxylic acids is 1. The summed E-state index contributed by atoms with van der Waals surface area (Å²) in [6.45, 7) is 8.19. The van der Waals surface area contributed by atoms with E-state index in [9.17, 15) is 9.59 Å². The van der Waals surface area contributed by atoms with Gasteiger partial charge in [-0.3, -0.25) is 9.59 Å². The Morgan fingerprint density at radius 2 is 2.33 bits per heavy atom. The Balaban J connectivity index is 2.57. The molecule has 21 heavy (non-hydrogen) atoms. The fraction of sp³-hybridized carbons (Fsp3) is 0.500. The summed E-state index contributed by atoms with van der Waals surface area (Å²) in [6, 6.07) is 0.158. The van der Waals surface area contributed by atoms with Crippen LogP contribution in [0.25, 0.3) is 0 Å². The smallest absolute Gasteiger partial charge is 0.287 e. The van der Waals surface area contributed by atoms with Gasteiger partial charge in [-0.05, 0) is 13.3 Å². The van der Waals surface area contributed by atoms with E-state index in [0.717, 1.165) is 6.42 Å². The molecule has 2 N–H and O–H groups in total. The topological polar surface area (TPSA) is 76.0 Å². The number of halogens is 1. The van der Waals surface area contributed by atoms with Gasteiger partial charge in [0.15, 0.2) is 0 Å². The minimum Gasteiger partial charge on any atom is -0.382 e. The maximum atomic E-state index is 11.9. The highest BCUT2D eigenvalue weighted by Gasteiger charge is 2.09. The fourth-order valence-corrected chi connectivity index (χ4v) is 1.81. The van der Waals surface area contributed by atoms with E-state index in [2.05, 4.69) is 22.3 Å². The number of hydrogen-bond donors (Lipinski definition) is 2. The van der Waals surface area contributed by atoms with Crippen LogP contribution >= 0.6 is 11.6 Å². The van der Waals surface area contributed by atoms with Crippen molar-refractivity contribution in [1.82, 2.24) is 15.1 Å². The van der Waals surface area contributed by atoms with Crippen LogP contribution in [0.2, 0.25) is 5.02 Å². The van der Waals surface area contributed by atoms with Crippen molar-refractivity contribution in [2.45, 2.75) is 39.3 Å². The van der Waals surface area contributed by atoms with E-state index in [1.54, 1.807) is 6.08 Å². The van der Waals surface area contributed by atoms with Gasteiger partial charge in [0, 0.05) is 19.0 Å². The first kappa shape index (κ1) is 17.2. The monoisotopic (exact) mass is 312 g/mol. The second-order valence-electron chi connectivity index (χ2n) is 4.70. The molecule has 0 fully saturated rings. The molecule has 1 atom stereocenters. The molecule has 0 spiro atoms. The molecule has 6 nitrogen and oxygen atoms in total. The van der Waals surface area contributed by atoms with Crippen LogP contribution < -0.4 is 16.2 Å². The first-order chi connectivity index (χ1) is 9.99. The maximum absolute atomic E-state index is 11.9. The van der Waals surface area contributed by atoms with Crippen molar-refractivity contribution in [2.75, 3.05) is 11.9 Å². The molecule has 0 aromatic carbocycles. The average molecular weight is 313 g/mol. The molecule has 0 saturated heterocycles. The van der Waals surface area contributed by atoms with Crippen molar-refractivity contribution >= 4 is 23.2 Å². The highest BCUT2D eigenvalue weighted by atomic mass is 35.5. The molecule has 1 rings (SSSR count). The Kier molecular flexibility index (Phi) is 6.94. The summed E-state index contributed by atoms with van der Waals surface area (Å²) in [6.07, 6.45) is 4.23. The number of rotatable bonds is 8. The van der Waals surface area contributed by atoms with Crippen LogP contribution in [-0.2, 0) is 11.3 Å². The van der Waals surface area contributed by atoms with Gasteiger partial charge in [0.25, 0.3) is 5.56 Å². The van der Waals surface area contributed by atoms with E-state index >= 15 is 0 Å². The molecule has 0 aliphatic carbocycles. The van der Waals surface area contributed by atoms with Crippen molar-refractivity contribution in [2.24, 2.45) is 0 Å². The molecule has 0 aliphatic heterocycles. The van der Waals surface area contributed by atoms with E-state index in [1.165, 1.54) is 10.9 Å². The molecule has 116 valence electrons. The molecule has 1 aromatic heterocycles. The third-order valence-corrected chi connectivity index (χ3v) is 3.34. The zero-order chi connectivity index (χ0) is 15.8. The fourth-order valence-electron chi connectivity index (χ4n) is 1.60. The highest BCUT2D eigenvalue weighted by molar-refractivity contribution is 6.32. The quantitative estimate of drug-likeness (QED) is 0.718. The highest BCUT2D eigenvalue weighted by Crippen LogP contribution is 2.14. The summed E-state index contributed by atoms with van der Waals surface area (Å²) in [4.78, 5) is 23.5. The van der Waals surface area contributed by atoms with E-state index in [4.69, 9.17) is 11.6 Å². The summed E-state index contributed by atoms with van der Waals surface area (Å²) in [5.74, 6) is -0.0408. The van der Waals surface area contributed by atoms with Crippen LogP contribution in [0.4, 0.5) is 5.69 Å². The van der Waals surface area contributed by atoms with Crippen LogP contribution in [0.3, 0.4) is 0 Å². The minimum absolute atomic E-state index is 0.0408. The van der Waals surface area contributed by atoms with E-state index in [1.807, 2.05) is 13.8 Å². The zero-order valence-electron chi connectivity index (χ0n) is 12.4. The molecule has 1 aromatic rings. The molecular weight excluding hydrogens is 292 g/mol. The van der Waals surface area contributed by atoms with Crippen LogP contribution in [0.1, 0.15) is 26.7 Å². The van der Waals surface area contributed by atoms with Crippen molar-refractivity contribution in [3.05, 3.63) is 34.2 Å². The number of hydrogen-bond acceptors (Lipinski definition) is 4. The first-order valence-electron chi connectivity index (χ1n) is 6.89. The van der Waals surface area contributed by atoms with E-state index < -0.39 is 0 Å². The van der Waals surface area contributed by atoms with Gasteiger partial charge in [0.05, 0.1) is 18.4 Å². The zero-order valence-corrected chi connectivity index (χ0v) is 13.1. The number of aromatic nitrogens is 2. The van der Waals surface area contributed by atoms with Crippen molar-refractivity contribution in [1.29, 1.82) is 0 Å². The summed E-state index contributed by atoms with van der Waals surface area (Å²) in [5.41, 5.74) is 0.0453. The number of anilines is 1. The number of carbonyl (C=O) groups is 1. The van der Waals surface area contributed by atoms with Gasteiger partial charge in [-0.2, -0.15) is 5.10 Å². The van der Waals surface area contributed by atoms with Gasteiger partial charge in [0.2, 0.25) is 5.91 Å². The number of allylic oxidation sites excluding steroid dienone is 1.